The van der Waals surface area contributed by atoms with Crippen LogP contribution in [-0.4, -0.2) is 15.0 Å². The number of nitrogens with zero attached hydrogens (tertiary/aromatic N) is 3. The van der Waals surface area contributed by atoms with Gasteiger partial charge in [0.05, 0.1) is 5.69 Å². The lowest BCUT2D eigenvalue weighted by Gasteiger charge is -2.07. The standard InChI is InChI=1S/C12H13FN4/c13-9-3-1-2-4-11(9)17-12(8-5-6-8)10(7-14)15-16-17/h1-4,8H,5-7,14H2. The summed E-state index contributed by atoms with van der Waals surface area (Å²) in [6, 6.07) is 6.58. The fraction of sp³-hybridized carbons (Fsp3) is 0.333. The number of hydrogen-bond acceptors (Lipinski definition) is 3. The van der Waals surface area contributed by atoms with E-state index in [2.05, 4.69) is 10.3 Å². The first-order valence-corrected chi connectivity index (χ1v) is 5.70. The molecule has 1 aliphatic carbocycles. The van der Waals surface area contributed by atoms with Crippen LogP contribution >= 0.6 is 0 Å². The van der Waals surface area contributed by atoms with Crippen LogP contribution in [0.25, 0.3) is 5.69 Å². The monoisotopic (exact) mass is 232 g/mol. The average molecular weight is 232 g/mol. The summed E-state index contributed by atoms with van der Waals surface area (Å²) < 4.78 is 15.3. The van der Waals surface area contributed by atoms with Crippen LogP contribution < -0.4 is 5.73 Å². The van der Waals surface area contributed by atoms with E-state index in [9.17, 15) is 4.39 Å². The summed E-state index contributed by atoms with van der Waals surface area (Å²) in [5.41, 5.74) is 7.83. The van der Waals surface area contributed by atoms with Crippen molar-refractivity contribution in [2.24, 2.45) is 5.73 Å². The first-order chi connectivity index (χ1) is 8.31. The third-order valence-electron chi connectivity index (χ3n) is 3.02. The minimum atomic E-state index is -0.289. The maximum atomic E-state index is 13.7. The summed E-state index contributed by atoms with van der Waals surface area (Å²) in [6.07, 6.45) is 2.21. The Hall–Kier alpha value is -1.75. The molecule has 0 atom stereocenters. The average Bonchev–Trinajstić information content (AvgIpc) is 3.10. The molecule has 0 radical (unpaired) electrons. The van der Waals surface area contributed by atoms with Crippen molar-refractivity contribution in [2.45, 2.75) is 25.3 Å². The second-order valence-corrected chi connectivity index (χ2v) is 4.26. The van der Waals surface area contributed by atoms with Crippen molar-refractivity contribution in [3.63, 3.8) is 0 Å². The molecule has 2 aromatic rings. The van der Waals surface area contributed by atoms with Gasteiger partial charge in [0.25, 0.3) is 0 Å². The highest BCUT2D eigenvalue weighted by Gasteiger charge is 2.31. The molecule has 0 amide bonds. The molecule has 1 aromatic heterocycles. The van der Waals surface area contributed by atoms with Gasteiger partial charge in [-0.1, -0.05) is 17.3 Å². The molecule has 2 N–H and O–H groups in total. The van der Waals surface area contributed by atoms with E-state index in [1.807, 2.05) is 0 Å². The lowest BCUT2D eigenvalue weighted by atomic mass is 10.2. The molecular formula is C12H13FN4. The quantitative estimate of drug-likeness (QED) is 0.877. The van der Waals surface area contributed by atoms with Crippen LogP contribution in [0.4, 0.5) is 4.39 Å². The Morgan fingerprint density at radius 3 is 2.76 bits per heavy atom. The Bertz CT molecular complexity index is 545. The summed E-state index contributed by atoms with van der Waals surface area (Å²) in [7, 11) is 0. The molecule has 1 aliphatic rings. The number of rotatable bonds is 3. The van der Waals surface area contributed by atoms with Gasteiger partial charge in [0.15, 0.2) is 0 Å². The molecule has 1 fully saturated rings. The van der Waals surface area contributed by atoms with Gasteiger partial charge in [-0.2, -0.15) is 0 Å². The fourth-order valence-electron chi connectivity index (χ4n) is 2.03. The van der Waals surface area contributed by atoms with Gasteiger partial charge < -0.3 is 5.73 Å². The van der Waals surface area contributed by atoms with Crippen LogP contribution in [-0.2, 0) is 6.54 Å². The van der Waals surface area contributed by atoms with Crippen LogP contribution in [0.3, 0.4) is 0 Å². The van der Waals surface area contributed by atoms with Crippen LogP contribution in [0.5, 0.6) is 0 Å². The number of para-hydroxylation sites is 1. The highest BCUT2D eigenvalue weighted by atomic mass is 19.1. The van der Waals surface area contributed by atoms with Crippen molar-refractivity contribution in [3.8, 4) is 5.69 Å². The van der Waals surface area contributed by atoms with Gasteiger partial charge in [-0.15, -0.1) is 5.10 Å². The van der Waals surface area contributed by atoms with Crippen LogP contribution in [0.15, 0.2) is 24.3 Å². The van der Waals surface area contributed by atoms with Crippen molar-refractivity contribution < 1.29 is 4.39 Å². The minimum absolute atomic E-state index is 0.289. The van der Waals surface area contributed by atoms with Gasteiger partial charge in [0, 0.05) is 12.5 Å². The van der Waals surface area contributed by atoms with Crippen molar-refractivity contribution in [1.29, 1.82) is 0 Å². The zero-order chi connectivity index (χ0) is 11.8. The Morgan fingerprint density at radius 1 is 1.35 bits per heavy atom. The third kappa shape index (κ3) is 1.72. The minimum Gasteiger partial charge on any atom is -0.325 e. The number of nitrogens with two attached hydrogens (primary N) is 1. The highest BCUT2D eigenvalue weighted by Crippen LogP contribution is 2.41. The Kier molecular flexibility index (Phi) is 2.40. The predicted molar refractivity (Wildman–Crippen MR) is 61.2 cm³/mol. The number of hydrogen-bond donors (Lipinski definition) is 1. The molecule has 1 aromatic carbocycles. The van der Waals surface area contributed by atoms with E-state index in [1.54, 1.807) is 22.9 Å². The van der Waals surface area contributed by atoms with Crippen molar-refractivity contribution >= 4 is 0 Å². The van der Waals surface area contributed by atoms with Crippen molar-refractivity contribution in [1.82, 2.24) is 15.0 Å². The molecule has 3 rings (SSSR count). The lowest BCUT2D eigenvalue weighted by Crippen LogP contribution is -2.06. The van der Waals surface area contributed by atoms with Crippen molar-refractivity contribution in [2.75, 3.05) is 0 Å². The molecule has 17 heavy (non-hydrogen) atoms. The van der Waals surface area contributed by atoms with E-state index in [1.165, 1.54) is 6.07 Å². The lowest BCUT2D eigenvalue weighted by molar-refractivity contribution is 0.602. The number of aromatic nitrogens is 3. The molecule has 0 aliphatic heterocycles. The maximum Gasteiger partial charge on any atom is 0.148 e. The van der Waals surface area contributed by atoms with Gasteiger partial charge in [0.2, 0.25) is 0 Å². The molecule has 0 bridgehead atoms. The maximum absolute atomic E-state index is 13.7. The molecule has 1 heterocycles. The molecule has 0 spiro atoms. The Morgan fingerprint density at radius 2 is 2.12 bits per heavy atom. The van der Waals surface area contributed by atoms with E-state index in [-0.39, 0.29) is 5.82 Å². The summed E-state index contributed by atoms with van der Waals surface area (Å²) in [5.74, 6) is 0.144. The van der Waals surface area contributed by atoms with Crippen LogP contribution in [0.1, 0.15) is 30.1 Å². The molecule has 88 valence electrons. The summed E-state index contributed by atoms with van der Waals surface area (Å²) in [4.78, 5) is 0. The Balaban J connectivity index is 2.14. The second-order valence-electron chi connectivity index (χ2n) is 4.26. The van der Waals surface area contributed by atoms with Gasteiger partial charge in [-0.3, -0.25) is 0 Å². The van der Waals surface area contributed by atoms with Crippen LogP contribution in [0.2, 0.25) is 0 Å². The molecule has 0 saturated heterocycles. The largest absolute Gasteiger partial charge is 0.325 e. The SMILES string of the molecule is NCc1nnn(-c2ccccc2F)c1C1CC1. The zero-order valence-corrected chi connectivity index (χ0v) is 9.31. The molecule has 0 unspecified atom stereocenters. The normalized spacial score (nSPS) is 15.2. The number of benzene rings is 1. The molecule has 5 heteroatoms. The topological polar surface area (TPSA) is 56.7 Å². The van der Waals surface area contributed by atoms with E-state index < -0.39 is 0 Å². The molecule has 4 nitrogen and oxygen atoms in total. The first-order valence-electron chi connectivity index (χ1n) is 5.70. The number of halogens is 1. The van der Waals surface area contributed by atoms with Gasteiger partial charge in [0.1, 0.15) is 17.2 Å². The van der Waals surface area contributed by atoms with Crippen molar-refractivity contribution in [3.05, 3.63) is 41.5 Å². The summed E-state index contributed by atoms with van der Waals surface area (Å²) in [6.45, 7) is 0.348. The fourth-order valence-corrected chi connectivity index (χ4v) is 2.03. The highest BCUT2D eigenvalue weighted by molar-refractivity contribution is 5.37. The smallest absolute Gasteiger partial charge is 0.148 e. The van der Waals surface area contributed by atoms with E-state index in [0.29, 0.717) is 18.2 Å². The van der Waals surface area contributed by atoms with E-state index in [4.69, 9.17) is 5.73 Å². The van der Waals surface area contributed by atoms with Crippen LogP contribution in [0, 0.1) is 5.82 Å². The zero-order valence-electron chi connectivity index (χ0n) is 9.31. The Labute approximate surface area is 98.2 Å². The van der Waals surface area contributed by atoms with E-state index >= 15 is 0 Å². The predicted octanol–water partition coefficient (Wildman–Crippen LogP) is 1.74. The van der Waals surface area contributed by atoms with E-state index in [0.717, 1.165) is 24.2 Å². The van der Waals surface area contributed by atoms with Gasteiger partial charge in [-0.05, 0) is 25.0 Å². The molecule has 1 saturated carbocycles. The second kappa shape index (κ2) is 3.92. The summed E-state index contributed by atoms with van der Waals surface area (Å²) in [5, 5.41) is 8.06. The summed E-state index contributed by atoms with van der Waals surface area (Å²) >= 11 is 0. The first kappa shape index (κ1) is 10.4. The molecular weight excluding hydrogens is 219 g/mol. The third-order valence-corrected chi connectivity index (χ3v) is 3.02. The van der Waals surface area contributed by atoms with Gasteiger partial charge in [-0.25, -0.2) is 9.07 Å². The van der Waals surface area contributed by atoms with Gasteiger partial charge >= 0.3 is 0 Å².